The first-order chi connectivity index (χ1) is 8.20. The van der Waals surface area contributed by atoms with Crippen LogP contribution in [0.1, 0.15) is 16.0 Å². The van der Waals surface area contributed by atoms with Crippen molar-refractivity contribution in [2.75, 3.05) is 13.6 Å². The molecule has 0 radical (unpaired) electrons. The molecule has 17 heavy (non-hydrogen) atoms. The highest BCUT2D eigenvalue weighted by Gasteiger charge is 2.21. The number of nitrogens with zero attached hydrogens (tertiary/aromatic N) is 1. The number of rotatable bonds is 1. The van der Waals surface area contributed by atoms with E-state index in [0.29, 0.717) is 0 Å². The van der Waals surface area contributed by atoms with Crippen LogP contribution in [0.15, 0.2) is 12.1 Å². The van der Waals surface area contributed by atoms with Gasteiger partial charge in [-0.1, -0.05) is 11.6 Å². The lowest BCUT2D eigenvalue weighted by Gasteiger charge is -2.13. The first-order valence-corrected chi connectivity index (χ1v) is 6.91. The second-order valence-corrected chi connectivity index (χ2v) is 6.09. The van der Waals surface area contributed by atoms with Gasteiger partial charge >= 0.3 is 0 Å². The number of halogens is 1. The van der Waals surface area contributed by atoms with Gasteiger partial charge in [0.25, 0.3) is 0 Å². The van der Waals surface area contributed by atoms with Gasteiger partial charge in [0.05, 0.1) is 6.61 Å². The summed E-state index contributed by atoms with van der Waals surface area (Å²) in [6.07, 6.45) is 0.987. The molecule has 1 aliphatic rings. The summed E-state index contributed by atoms with van der Waals surface area (Å²) in [6, 6.07) is 4.05. The number of aliphatic hydroxyl groups excluding tert-OH is 1. The lowest BCUT2D eigenvalue weighted by molar-refractivity contribution is 0.280. The monoisotopic (exact) mass is 269 g/mol. The molecule has 0 bridgehead atoms. The van der Waals surface area contributed by atoms with Gasteiger partial charge in [-0.3, -0.25) is 0 Å². The van der Waals surface area contributed by atoms with Gasteiger partial charge in [0, 0.05) is 33.1 Å². The molecule has 2 nitrogen and oxygen atoms in total. The number of likely N-dealkylation sites (N-methyl/N-ethyl adjacent to an activating group) is 1. The Bertz CT molecular complexity index is 578. The Morgan fingerprint density at radius 1 is 1.53 bits per heavy atom. The van der Waals surface area contributed by atoms with Crippen LogP contribution in [-0.2, 0) is 19.6 Å². The second kappa shape index (κ2) is 4.25. The minimum Gasteiger partial charge on any atom is -0.391 e. The number of hydrogen-bond donors (Lipinski definition) is 1. The highest BCUT2D eigenvalue weighted by molar-refractivity contribution is 7.19. The number of hydrogen-bond acceptors (Lipinski definition) is 3. The average Bonchev–Trinajstić information content (AvgIpc) is 2.56. The molecule has 1 N–H and O–H groups in total. The highest BCUT2D eigenvalue weighted by Crippen LogP contribution is 2.39. The molecule has 0 fully saturated rings. The predicted octanol–water partition coefficient (Wildman–Crippen LogP) is 3.03. The van der Waals surface area contributed by atoms with E-state index in [-0.39, 0.29) is 6.61 Å². The Hall–Kier alpha value is -0.610. The summed E-state index contributed by atoms with van der Waals surface area (Å²) >= 11 is 7.99. The van der Waals surface area contributed by atoms with E-state index in [1.54, 1.807) is 11.3 Å². The molecule has 4 heteroatoms. The smallest absolute Gasteiger partial charge is 0.0778 e. The van der Waals surface area contributed by atoms with E-state index in [1.165, 1.54) is 21.2 Å². The Morgan fingerprint density at radius 2 is 2.35 bits per heavy atom. The van der Waals surface area contributed by atoms with Crippen molar-refractivity contribution in [2.45, 2.75) is 19.6 Å². The summed E-state index contributed by atoms with van der Waals surface area (Å²) in [5.74, 6) is 0. The zero-order valence-corrected chi connectivity index (χ0v) is 11.2. The fraction of sp³-hybridized carbons (Fsp3) is 0.385. The van der Waals surface area contributed by atoms with Crippen molar-refractivity contribution in [3.63, 3.8) is 0 Å². The normalized spacial score (nSPS) is 16.4. The fourth-order valence-electron chi connectivity index (χ4n) is 2.54. The minimum atomic E-state index is 0.125. The SMILES string of the molecule is CN1CCc2c(Cl)ccc3s[14c](CO)c(c23)C1. The van der Waals surface area contributed by atoms with Gasteiger partial charge in [-0.25, -0.2) is 0 Å². The molecular weight excluding hydrogens is 256 g/mol. The maximum absolute atomic E-state index is 9.47. The van der Waals surface area contributed by atoms with Crippen molar-refractivity contribution in [3.8, 4) is 0 Å². The highest BCUT2D eigenvalue weighted by atomic mass is 35.5. The van der Waals surface area contributed by atoms with E-state index >= 15 is 0 Å². The lowest BCUT2D eigenvalue weighted by Crippen LogP contribution is -2.18. The zero-order chi connectivity index (χ0) is 12.0. The quantitative estimate of drug-likeness (QED) is 0.860. The molecule has 0 unspecified atom stereocenters. The van der Waals surface area contributed by atoms with Gasteiger partial charge in [0.1, 0.15) is 0 Å². The molecule has 2 heterocycles. The summed E-state index contributed by atoms with van der Waals surface area (Å²) in [4.78, 5) is 3.37. The minimum absolute atomic E-state index is 0.125. The van der Waals surface area contributed by atoms with E-state index in [4.69, 9.17) is 11.6 Å². The summed E-state index contributed by atoms with van der Waals surface area (Å²) in [6.45, 7) is 2.05. The van der Waals surface area contributed by atoms with Crippen LogP contribution in [0.25, 0.3) is 10.1 Å². The van der Waals surface area contributed by atoms with Gasteiger partial charge in [-0.15, -0.1) is 11.3 Å². The van der Waals surface area contributed by atoms with Gasteiger partial charge < -0.3 is 10.0 Å². The maximum atomic E-state index is 9.47. The molecule has 1 aromatic heterocycles. The molecule has 0 saturated heterocycles. The molecule has 0 spiro atoms. The van der Waals surface area contributed by atoms with Crippen molar-refractivity contribution in [1.82, 2.24) is 4.90 Å². The third kappa shape index (κ3) is 1.78. The van der Waals surface area contributed by atoms with E-state index in [1.807, 2.05) is 6.07 Å². The molecule has 1 aromatic carbocycles. The number of thiophene rings is 1. The summed E-state index contributed by atoms with van der Waals surface area (Å²) in [5, 5.41) is 11.6. The van der Waals surface area contributed by atoms with Crippen LogP contribution in [-0.4, -0.2) is 23.6 Å². The summed E-state index contributed by atoms with van der Waals surface area (Å²) in [5.41, 5.74) is 2.52. The van der Waals surface area contributed by atoms with Gasteiger partial charge in [0.15, 0.2) is 0 Å². The van der Waals surface area contributed by atoms with Gasteiger partial charge in [-0.2, -0.15) is 0 Å². The predicted molar refractivity (Wildman–Crippen MR) is 72.8 cm³/mol. The van der Waals surface area contributed by atoms with Crippen molar-refractivity contribution >= 4 is 33.0 Å². The molecular formula is C13H14ClNOS. The third-order valence-electron chi connectivity index (χ3n) is 3.40. The molecule has 3 rings (SSSR count). The van der Waals surface area contributed by atoms with Crippen LogP contribution in [0.3, 0.4) is 0 Å². The van der Waals surface area contributed by atoms with E-state index < -0.39 is 0 Å². The molecule has 2 aromatic rings. The Kier molecular flexibility index (Phi) is 2.87. The first kappa shape index (κ1) is 11.5. The Balaban J connectivity index is 2.35. The number of aliphatic hydroxyl groups is 1. The Morgan fingerprint density at radius 3 is 3.12 bits per heavy atom. The van der Waals surface area contributed by atoms with Crippen LogP contribution < -0.4 is 0 Å². The van der Waals surface area contributed by atoms with Crippen molar-refractivity contribution in [1.29, 1.82) is 0 Å². The first-order valence-electron chi connectivity index (χ1n) is 5.71. The van der Waals surface area contributed by atoms with Gasteiger partial charge in [-0.05, 0) is 36.7 Å². The van der Waals surface area contributed by atoms with Crippen LogP contribution in [0.5, 0.6) is 0 Å². The number of benzene rings is 1. The molecule has 0 atom stereocenters. The maximum Gasteiger partial charge on any atom is 0.0778 e. The van der Waals surface area contributed by atoms with E-state index in [0.717, 1.165) is 29.4 Å². The molecule has 0 aliphatic carbocycles. The van der Waals surface area contributed by atoms with Gasteiger partial charge in [0.2, 0.25) is 0 Å². The van der Waals surface area contributed by atoms with E-state index in [9.17, 15) is 5.11 Å². The van der Waals surface area contributed by atoms with E-state index in [2.05, 4.69) is 18.0 Å². The van der Waals surface area contributed by atoms with Crippen LogP contribution in [0.2, 0.25) is 5.02 Å². The summed E-state index contributed by atoms with van der Waals surface area (Å²) in [7, 11) is 2.12. The second-order valence-electron chi connectivity index (χ2n) is 4.55. The molecule has 1 aliphatic heterocycles. The standard InChI is InChI=1S/C13H14ClNOS/c1-15-5-4-8-10(14)2-3-11-13(8)9(6-15)12(7-16)17-11/h2-3,16H,4-7H2,1H3/i12+2. The zero-order valence-electron chi connectivity index (χ0n) is 9.66. The van der Waals surface area contributed by atoms with Crippen LogP contribution >= 0.6 is 22.9 Å². The Labute approximate surface area is 109 Å². The molecule has 90 valence electrons. The van der Waals surface area contributed by atoms with Crippen molar-refractivity contribution < 1.29 is 5.11 Å². The largest absolute Gasteiger partial charge is 0.391 e. The molecule has 0 amide bonds. The van der Waals surface area contributed by atoms with Crippen molar-refractivity contribution in [3.05, 3.63) is 33.2 Å². The van der Waals surface area contributed by atoms with Crippen molar-refractivity contribution in [2.24, 2.45) is 0 Å². The third-order valence-corrected chi connectivity index (χ3v) is 4.94. The topological polar surface area (TPSA) is 23.5 Å². The summed E-state index contributed by atoms with van der Waals surface area (Å²) < 4.78 is 1.25. The molecule has 0 saturated carbocycles. The fourth-order valence-corrected chi connectivity index (χ4v) is 3.90. The average molecular weight is 270 g/mol. The van der Waals surface area contributed by atoms with Crippen LogP contribution in [0.4, 0.5) is 0 Å². The van der Waals surface area contributed by atoms with Crippen LogP contribution in [0, 0.1) is 0 Å². The lowest BCUT2D eigenvalue weighted by atomic mass is 10.1.